The fourth-order valence-corrected chi connectivity index (χ4v) is 0.634. The first kappa shape index (κ1) is 10.4. The van der Waals surface area contributed by atoms with Crippen molar-refractivity contribution in [3.63, 3.8) is 0 Å². The second kappa shape index (κ2) is 5.09. The molecular weight excluding hydrogens is 148 g/mol. The van der Waals surface area contributed by atoms with E-state index in [1.807, 2.05) is 0 Å². The van der Waals surface area contributed by atoms with Gasteiger partial charge in [0.15, 0.2) is 0 Å². The van der Waals surface area contributed by atoms with E-state index in [4.69, 9.17) is 10.2 Å². The van der Waals surface area contributed by atoms with Gasteiger partial charge >= 0.3 is 5.97 Å². The Labute approximate surface area is 65.8 Å². The highest BCUT2D eigenvalue weighted by molar-refractivity contribution is 5.65. The van der Waals surface area contributed by atoms with Gasteiger partial charge in [0.1, 0.15) is 0 Å². The number of aliphatic hydroxyl groups excluding tert-OH is 2. The summed E-state index contributed by atoms with van der Waals surface area (Å²) in [7, 11) is 0. The normalized spacial score (nSPS) is 15.6. The second-order valence-corrected chi connectivity index (χ2v) is 2.49. The Bertz CT molecular complexity index is 122. The molecule has 0 spiro atoms. The van der Waals surface area contributed by atoms with Crippen LogP contribution in [0.3, 0.4) is 0 Å². The molecule has 0 fully saturated rings. The van der Waals surface area contributed by atoms with Crippen LogP contribution < -0.4 is 0 Å². The highest BCUT2D eigenvalue weighted by Gasteiger charge is 2.07. The fourth-order valence-electron chi connectivity index (χ4n) is 0.634. The zero-order valence-electron chi connectivity index (χ0n) is 6.78. The van der Waals surface area contributed by atoms with Gasteiger partial charge in [-0.3, -0.25) is 4.79 Å². The molecule has 0 rings (SSSR count). The first-order chi connectivity index (χ1) is 5.02. The van der Waals surface area contributed by atoms with Gasteiger partial charge in [0, 0.05) is 13.3 Å². The lowest BCUT2D eigenvalue weighted by Gasteiger charge is -2.10. The summed E-state index contributed by atoms with van der Waals surface area (Å²) in [6.45, 7) is 2.84. The van der Waals surface area contributed by atoms with Crippen molar-refractivity contribution in [2.75, 3.05) is 0 Å². The van der Waals surface area contributed by atoms with Crippen LogP contribution in [-0.2, 0) is 9.53 Å². The maximum absolute atomic E-state index is 10.3. The quantitative estimate of drug-likeness (QED) is 0.452. The Morgan fingerprint density at radius 2 is 2.00 bits per heavy atom. The Kier molecular flexibility index (Phi) is 4.81. The molecule has 2 unspecified atom stereocenters. The summed E-state index contributed by atoms with van der Waals surface area (Å²) in [6.07, 6.45) is -0.853. The minimum atomic E-state index is -1.08. The molecule has 0 heterocycles. The number of rotatable bonds is 4. The average molecular weight is 162 g/mol. The first-order valence-corrected chi connectivity index (χ1v) is 3.55. The van der Waals surface area contributed by atoms with E-state index in [1.165, 1.54) is 6.92 Å². The van der Waals surface area contributed by atoms with E-state index >= 15 is 0 Å². The van der Waals surface area contributed by atoms with Gasteiger partial charge in [-0.1, -0.05) is 0 Å². The smallest absolute Gasteiger partial charge is 0.304 e. The third-order valence-electron chi connectivity index (χ3n) is 1.13. The molecule has 0 saturated carbocycles. The second-order valence-electron chi connectivity index (χ2n) is 2.49. The van der Waals surface area contributed by atoms with Crippen molar-refractivity contribution in [1.82, 2.24) is 0 Å². The lowest BCUT2D eigenvalue weighted by atomic mass is 10.2. The summed E-state index contributed by atoms with van der Waals surface area (Å²) in [6, 6.07) is 0. The zero-order valence-corrected chi connectivity index (χ0v) is 6.78. The van der Waals surface area contributed by atoms with E-state index < -0.39 is 18.4 Å². The third kappa shape index (κ3) is 7.29. The van der Waals surface area contributed by atoms with Crippen LogP contribution in [0.25, 0.3) is 0 Å². The molecule has 0 radical (unpaired) electrons. The Morgan fingerprint density at radius 1 is 1.45 bits per heavy atom. The molecule has 2 atom stereocenters. The molecule has 0 bridgehead atoms. The molecule has 0 aliphatic heterocycles. The van der Waals surface area contributed by atoms with Gasteiger partial charge in [-0.2, -0.15) is 0 Å². The summed E-state index contributed by atoms with van der Waals surface area (Å²) in [4.78, 5) is 10.3. The van der Waals surface area contributed by atoms with Crippen LogP contribution in [0.15, 0.2) is 0 Å². The van der Waals surface area contributed by atoms with Crippen molar-refractivity contribution >= 4 is 5.97 Å². The summed E-state index contributed by atoms with van der Waals surface area (Å²) < 4.78 is 4.41. The van der Waals surface area contributed by atoms with Crippen molar-refractivity contribution in [2.45, 2.75) is 39.1 Å². The lowest BCUT2D eigenvalue weighted by Crippen LogP contribution is -2.17. The molecule has 66 valence electrons. The Balaban J connectivity index is 3.37. The van der Waals surface area contributed by atoms with Gasteiger partial charge in [0.25, 0.3) is 0 Å². The van der Waals surface area contributed by atoms with Crippen LogP contribution in [0.1, 0.15) is 26.7 Å². The van der Waals surface area contributed by atoms with Gasteiger partial charge in [-0.25, -0.2) is 0 Å². The van der Waals surface area contributed by atoms with E-state index in [-0.39, 0.29) is 6.42 Å². The minimum Gasteiger partial charge on any atom is -0.436 e. The largest absolute Gasteiger partial charge is 0.436 e. The standard InChI is InChI=1S/C7H14O4/c1-5(8)3-4-7(10)11-6(2)9/h5,7-8,10H,3-4H2,1-2H3. The number of aliphatic hydroxyl groups is 2. The number of carbonyl (C=O) groups is 1. The molecule has 4 nitrogen and oxygen atoms in total. The summed E-state index contributed by atoms with van der Waals surface area (Å²) in [5.41, 5.74) is 0. The summed E-state index contributed by atoms with van der Waals surface area (Å²) in [5, 5.41) is 17.7. The molecule has 0 saturated heterocycles. The predicted molar refractivity (Wildman–Crippen MR) is 38.7 cm³/mol. The topological polar surface area (TPSA) is 66.8 Å². The SMILES string of the molecule is CC(=O)OC(O)CCC(C)O. The molecule has 0 aromatic carbocycles. The maximum Gasteiger partial charge on any atom is 0.304 e. The van der Waals surface area contributed by atoms with E-state index in [0.717, 1.165) is 0 Å². The van der Waals surface area contributed by atoms with Crippen molar-refractivity contribution in [2.24, 2.45) is 0 Å². The molecule has 0 aliphatic rings. The highest BCUT2D eigenvalue weighted by Crippen LogP contribution is 2.02. The molecular formula is C7H14O4. The summed E-state index contributed by atoms with van der Waals surface area (Å²) in [5.74, 6) is -0.511. The van der Waals surface area contributed by atoms with Crippen LogP contribution in [0.5, 0.6) is 0 Å². The molecule has 11 heavy (non-hydrogen) atoms. The van der Waals surface area contributed by atoms with Crippen LogP contribution in [0.4, 0.5) is 0 Å². The van der Waals surface area contributed by atoms with E-state index in [2.05, 4.69) is 4.74 Å². The average Bonchev–Trinajstić information content (AvgIpc) is 1.82. The maximum atomic E-state index is 10.3. The van der Waals surface area contributed by atoms with Crippen LogP contribution in [0.2, 0.25) is 0 Å². The first-order valence-electron chi connectivity index (χ1n) is 3.55. The molecule has 0 aromatic heterocycles. The molecule has 0 aromatic rings. The molecule has 2 N–H and O–H groups in total. The van der Waals surface area contributed by atoms with Crippen molar-refractivity contribution < 1.29 is 19.7 Å². The predicted octanol–water partition coefficient (Wildman–Crippen LogP) is 0.0289. The van der Waals surface area contributed by atoms with Crippen LogP contribution >= 0.6 is 0 Å². The van der Waals surface area contributed by atoms with Crippen LogP contribution in [0, 0.1) is 0 Å². The molecule has 4 heteroatoms. The highest BCUT2D eigenvalue weighted by atomic mass is 16.6. The number of hydrogen-bond donors (Lipinski definition) is 2. The van der Waals surface area contributed by atoms with Crippen LogP contribution in [-0.4, -0.2) is 28.6 Å². The van der Waals surface area contributed by atoms with Crippen molar-refractivity contribution in [1.29, 1.82) is 0 Å². The molecule has 0 aliphatic carbocycles. The fraction of sp³-hybridized carbons (Fsp3) is 0.857. The monoisotopic (exact) mass is 162 g/mol. The lowest BCUT2D eigenvalue weighted by molar-refractivity contribution is -0.166. The zero-order chi connectivity index (χ0) is 8.85. The number of hydrogen-bond acceptors (Lipinski definition) is 4. The van der Waals surface area contributed by atoms with Gasteiger partial charge in [-0.15, -0.1) is 0 Å². The Morgan fingerprint density at radius 3 is 2.36 bits per heavy atom. The third-order valence-corrected chi connectivity index (χ3v) is 1.13. The number of ether oxygens (including phenoxy) is 1. The number of carbonyl (C=O) groups excluding carboxylic acids is 1. The van der Waals surface area contributed by atoms with E-state index in [0.29, 0.717) is 6.42 Å². The van der Waals surface area contributed by atoms with Gasteiger partial charge in [0.05, 0.1) is 6.10 Å². The van der Waals surface area contributed by atoms with Crippen molar-refractivity contribution in [3.8, 4) is 0 Å². The van der Waals surface area contributed by atoms with E-state index in [9.17, 15) is 4.79 Å². The van der Waals surface area contributed by atoms with E-state index in [1.54, 1.807) is 6.92 Å². The van der Waals surface area contributed by atoms with Gasteiger partial charge < -0.3 is 14.9 Å². The van der Waals surface area contributed by atoms with Crippen molar-refractivity contribution in [3.05, 3.63) is 0 Å². The minimum absolute atomic E-state index is 0.275. The molecule has 0 amide bonds. The van der Waals surface area contributed by atoms with Gasteiger partial charge in [-0.05, 0) is 13.3 Å². The Hall–Kier alpha value is -0.610. The number of esters is 1. The summed E-state index contributed by atoms with van der Waals surface area (Å²) >= 11 is 0. The van der Waals surface area contributed by atoms with Gasteiger partial charge in [0.2, 0.25) is 6.29 Å².